The molecule has 2 aromatic carbocycles. The number of aliphatic hydroxyl groups is 1. The lowest BCUT2D eigenvalue weighted by Gasteiger charge is -2.37. The van der Waals surface area contributed by atoms with Gasteiger partial charge in [-0.05, 0) is 45.1 Å². The molecule has 2 nitrogen and oxygen atoms in total. The average molecular weight is 325 g/mol. The first-order valence-electron chi connectivity index (χ1n) is 7.91. The molecule has 3 aromatic rings. The summed E-state index contributed by atoms with van der Waals surface area (Å²) >= 11 is 0. The van der Waals surface area contributed by atoms with E-state index in [1.54, 1.807) is 21.3 Å². The Balaban J connectivity index is 1.95. The zero-order valence-electron chi connectivity index (χ0n) is 14.4. The molecule has 0 fully saturated rings. The smallest absolute Gasteiger partial charge is 0.330 e. The van der Waals surface area contributed by atoms with Gasteiger partial charge in [0.1, 0.15) is 0 Å². The molecule has 0 spiro atoms. The fourth-order valence-corrected chi connectivity index (χ4v) is 4.64. The van der Waals surface area contributed by atoms with Gasteiger partial charge in [-0.3, -0.25) is 0 Å². The van der Waals surface area contributed by atoms with E-state index in [1.165, 1.54) is 21.0 Å². The molecule has 0 bridgehead atoms. The summed E-state index contributed by atoms with van der Waals surface area (Å²) in [6.07, 6.45) is 0. The number of hydrogen-bond donors (Lipinski definition) is 1. The predicted molar refractivity (Wildman–Crippen MR) is 102 cm³/mol. The Morgan fingerprint density at radius 1 is 0.957 bits per heavy atom. The summed E-state index contributed by atoms with van der Waals surface area (Å²) in [5, 5.41) is 15.8. The molecule has 1 radical (unpaired) electrons. The molecular formula is C19H23BO2P. The predicted octanol–water partition coefficient (Wildman–Crippen LogP) is 4.33. The van der Waals surface area contributed by atoms with Crippen molar-refractivity contribution in [3.8, 4) is 0 Å². The van der Waals surface area contributed by atoms with Crippen LogP contribution in [0, 0.1) is 0 Å². The van der Waals surface area contributed by atoms with Crippen LogP contribution in [0.5, 0.6) is 0 Å². The minimum atomic E-state index is -0.909. The maximum atomic E-state index is 10.2. The van der Waals surface area contributed by atoms with Crippen LogP contribution < -0.4 is 5.46 Å². The number of fused-ring (bicyclic) bond motifs is 3. The fourth-order valence-electron chi connectivity index (χ4n) is 2.61. The quantitative estimate of drug-likeness (QED) is 0.724. The molecule has 1 aromatic heterocycles. The van der Waals surface area contributed by atoms with Gasteiger partial charge in [0.2, 0.25) is 0 Å². The molecule has 0 aliphatic rings. The van der Waals surface area contributed by atoms with Crippen LogP contribution in [0.25, 0.3) is 21.0 Å². The molecule has 1 N–H and O–H groups in total. The van der Waals surface area contributed by atoms with Crippen LogP contribution in [-0.2, 0) is 11.3 Å². The lowest BCUT2D eigenvalue weighted by molar-refractivity contribution is -0.0893. The van der Waals surface area contributed by atoms with E-state index in [9.17, 15) is 5.11 Å². The Morgan fingerprint density at radius 3 is 2.30 bits per heavy atom. The van der Waals surface area contributed by atoms with Gasteiger partial charge in [-0.25, -0.2) is 0 Å². The summed E-state index contributed by atoms with van der Waals surface area (Å²) in [5.41, 5.74) is -0.511. The highest BCUT2D eigenvalue weighted by atomic mass is 31.1. The van der Waals surface area contributed by atoms with Crippen LogP contribution in [0.15, 0.2) is 42.5 Å². The van der Waals surface area contributed by atoms with Crippen LogP contribution in [0.4, 0.5) is 0 Å². The van der Waals surface area contributed by atoms with Crippen molar-refractivity contribution in [2.24, 2.45) is 6.66 Å². The Kier molecular flexibility index (Phi) is 4.08. The van der Waals surface area contributed by atoms with Crippen molar-refractivity contribution in [1.82, 2.24) is 0 Å². The van der Waals surface area contributed by atoms with Crippen LogP contribution >= 0.6 is 7.53 Å². The van der Waals surface area contributed by atoms with Gasteiger partial charge in [0.05, 0.1) is 11.2 Å². The van der Waals surface area contributed by atoms with Gasteiger partial charge < -0.3 is 9.76 Å². The number of hydrogen-bond acceptors (Lipinski definition) is 2. The van der Waals surface area contributed by atoms with Crippen molar-refractivity contribution < 1.29 is 9.76 Å². The molecule has 1 heterocycles. The summed E-state index contributed by atoms with van der Waals surface area (Å²) in [7, 11) is 1.47. The van der Waals surface area contributed by atoms with Crippen LogP contribution in [0.3, 0.4) is 0 Å². The summed E-state index contributed by atoms with van der Waals surface area (Å²) in [4.78, 5) is 0. The summed E-state index contributed by atoms with van der Waals surface area (Å²) in [5.74, 6) is 0. The van der Waals surface area contributed by atoms with E-state index in [0.717, 1.165) is 5.46 Å². The molecule has 0 amide bonds. The Labute approximate surface area is 139 Å². The average Bonchev–Trinajstić information content (AvgIpc) is 2.78. The van der Waals surface area contributed by atoms with E-state index in [-0.39, 0.29) is 7.53 Å². The second-order valence-corrected chi connectivity index (χ2v) is 9.24. The molecule has 0 aliphatic heterocycles. The third-order valence-electron chi connectivity index (χ3n) is 4.90. The fraction of sp³-hybridized carbons (Fsp3) is 0.368. The van der Waals surface area contributed by atoms with E-state index in [4.69, 9.17) is 4.65 Å². The van der Waals surface area contributed by atoms with E-state index < -0.39 is 11.2 Å². The van der Waals surface area contributed by atoms with Crippen molar-refractivity contribution in [1.29, 1.82) is 0 Å². The normalized spacial score (nSPS) is 13.7. The SMILES string of the molecule is Cp1c2ccccc2c2ccc([B]OC(C)(C)C(C)(C)O)cc21. The topological polar surface area (TPSA) is 29.5 Å². The van der Waals surface area contributed by atoms with Gasteiger partial charge >= 0.3 is 7.48 Å². The molecule has 0 saturated carbocycles. The third-order valence-corrected chi connectivity index (χ3v) is 7.11. The van der Waals surface area contributed by atoms with Gasteiger partial charge in [0.25, 0.3) is 0 Å². The number of benzene rings is 2. The number of aryl methyl sites for hydroxylation is 1. The summed E-state index contributed by atoms with van der Waals surface area (Å²) in [6.45, 7) is 9.65. The monoisotopic (exact) mass is 325 g/mol. The largest absolute Gasteiger partial charge is 0.427 e. The summed E-state index contributed by atoms with van der Waals surface area (Å²) in [6, 6.07) is 15.2. The van der Waals surface area contributed by atoms with E-state index in [2.05, 4.69) is 49.1 Å². The van der Waals surface area contributed by atoms with E-state index >= 15 is 0 Å². The van der Waals surface area contributed by atoms with Crippen LogP contribution in [0.1, 0.15) is 27.7 Å². The highest BCUT2D eigenvalue weighted by molar-refractivity contribution is 7.59. The maximum absolute atomic E-state index is 10.2. The second kappa shape index (κ2) is 5.67. The van der Waals surface area contributed by atoms with Crippen molar-refractivity contribution in [3.05, 3.63) is 42.5 Å². The van der Waals surface area contributed by atoms with Gasteiger partial charge in [0.15, 0.2) is 0 Å². The molecule has 0 saturated heterocycles. The molecule has 4 heteroatoms. The Hall–Kier alpha value is -1.28. The minimum Gasteiger partial charge on any atom is -0.427 e. The van der Waals surface area contributed by atoms with Gasteiger partial charge in [-0.2, -0.15) is 0 Å². The molecule has 23 heavy (non-hydrogen) atoms. The van der Waals surface area contributed by atoms with Crippen LogP contribution in [-0.4, -0.2) is 23.8 Å². The van der Waals surface area contributed by atoms with Crippen molar-refractivity contribution >= 4 is 41.5 Å². The first-order valence-corrected chi connectivity index (χ1v) is 9.70. The van der Waals surface area contributed by atoms with E-state index in [0.29, 0.717) is 0 Å². The van der Waals surface area contributed by atoms with Gasteiger partial charge in [0, 0.05) is 10.2 Å². The molecular weight excluding hydrogens is 302 g/mol. The Morgan fingerprint density at radius 2 is 1.61 bits per heavy atom. The Bertz CT molecular complexity index is 859. The third kappa shape index (κ3) is 2.94. The molecule has 1 unspecified atom stereocenters. The highest BCUT2D eigenvalue weighted by Crippen LogP contribution is 2.46. The highest BCUT2D eigenvalue weighted by Gasteiger charge is 2.35. The molecule has 3 rings (SSSR count). The number of rotatable bonds is 4. The summed E-state index contributed by atoms with van der Waals surface area (Å²) < 4.78 is 5.88. The first-order chi connectivity index (χ1) is 10.7. The molecule has 119 valence electrons. The second-order valence-electron chi connectivity index (χ2n) is 7.16. The van der Waals surface area contributed by atoms with E-state index in [1.807, 2.05) is 13.8 Å². The van der Waals surface area contributed by atoms with Gasteiger partial charge in [-0.15, -0.1) is 7.53 Å². The van der Waals surface area contributed by atoms with Gasteiger partial charge in [-0.1, -0.05) is 47.9 Å². The van der Waals surface area contributed by atoms with Crippen molar-refractivity contribution in [3.63, 3.8) is 0 Å². The molecule has 1 atom stereocenters. The zero-order chi connectivity index (χ0) is 16.8. The maximum Gasteiger partial charge on any atom is 0.330 e. The van der Waals surface area contributed by atoms with Crippen molar-refractivity contribution in [2.75, 3.05) is 0 Å². The molecule has 0 aliphatic carbocycles. The van der Waals surface area contributed by atoms with Crippen molar-refractivity contribution in [2.45, 2.75) is 38.9 Å². The van der Waals surface area contributed by atoms with Crippen LogP contribution in [0.2, 0.25) is 0 Å². The zero-order valence-corrected chi connectivity index (χ0v) is 15.3. The lowest BCUT2D eigenvalue weighted by Crippen LogP contribution is -2.49. The minimum absolute atomic E-state index is 0.299. The lowest BCUT2D eigenvalue weighted by atomic mass is 9.82. The first kappa shape index (κ1) is 16.6. The standard InChI is InChI=1S/C19H23BO2P/c1-18(2,21)19(3,4)22-20-13-10-11-15-14-8-6-7-9-16(14)23(5)17(15)12-13/h6-12,21H,1-5H3.